The largest absolute Gasteiger partial charge is 0.464 e. The number of hydrogen-bond donors (Lipinski definition) is 0. The zero-order valence-corrected chi connectivity index (χ0v) is 8.90. The first-order chi connectivity index (χ1) is 7.66. The number of rotatable bonds is 0. The van der Waals surface area contributed by atoms with E-state index in [0.717, 1.165) is 16.5 Å². The van der Waals surface area contributed by atoms with Crippen molar-refractivity contribution in [1.82, 2.24) is 4.98 Å². The lowest BCUT2D eigenvalue weighted by molar-refractivity contribution is 0.543. The summed E-state index contributed by atoms with van der Waals surface area (Å²) in [5.74, 6) is 0. The van der Waals surface area contributed by atoms with Crippen LogP contribution in [0.4, 0.5) is 0 Å². The molecule has 2 heterocycles. The van der Waals surface area contributed by atoms with Gasteiger partial charge < -0.3 is 8.83 Å². The number of benzene rings is 1. The molecule has 0 amide bonds. The molecule has 0 unspecified atom stereocenters. The van der Waals surface area contributed by atoms with Crippen molar-refractivity contribution in [3.63, 3.8) is 0 Å². The molecule has 0 saturated heterocycles. The van der Waals surface area contributed by atoms with Gasteiger partial charge in [-0.1, -0.05) is 0 Å². The Labute approximate surface area is 90.5 Å². The summed E-state index contributed by atoms with van der Waals surface area (Å²) in [6, 6.07) is 3.72. The molecule has 3 aromatic rings. The minimum absolute atomic E-state index is 0.370. The number of fused-ring (bicyclic) bond motifs is 2. The van der Waals surface area contributed by atoms with E-state index < -0.39 is 5.63 Å². The predicted molar refractivity (Wildman–Crippen MR) is 59.5 cm³/mol. The number of hydrogen-bond acceptors (Lipinski definition) is 4. The summed E-state index contributed by atoms with van der Waals surface area (Å²) in [6.07, 6.45) is 1.61. The topological polar surface area (TPSA) is 56.2 Å². The number of furan rings is 1. The molecule has 0 fully saturated rings. The first kappa shape index (κ1) is 9.15. The molecular weight excluding hydrogens is 206 g/mol. The standard InChI is InChI=1S/C12H9NO3/c1-6-10-8(3-4-15-10)5-9-11(6)16-12(14)7(2)13-9/h3-5H,1-2H3. The molecule has 1 aromatic carbocycles. The zero-order chi connectivity index (χ0) is 11.3. The van der Waals surface area contributed by atoms with Crippen LogP contribution in [0.3, 0.4) is 0 Å². The molecule has 3 rings (SSSR count). The summed E-state index contributed by atoms with van der Waals surface area (Å²) < 4.78 is 10.6. The summed E-state index contributed by atoms with van der Waals surface area (Å²) in [7, 11) is 0. The maximum Gasteiger partial charge on any atom is 0.357 e. The fourth-order valence-corrected chi connectivity index (χ4v) is 1.85. The van der Waals surface area contributed by atoms with E-state index in [9.17, 15) is 4.79 Å². The highest BCUT2D eigenvalue weighted by atomic mass is 16.4. The third-order valence-electron chi connectivity index (χ3n) is 2.68. The summed E-state index contributed by atoms with van der Waals surface area (Å²) in [4.78, 5) is 15.6. The molecule has 2 aromatic heterocycles. The molecule has 0 aliphatic carbocycles. The quantitative estimate of drug-likeness (QED) is 0.578. The molecule has 16 heavy (non-hydrogen) atoms. The van der Waals surface area contributed by atoms with Gasteiger partial charge in [0.2, 0.25) is 0 Å². The van der Waals surface area contributed by atoms with Gasteiger partial charge in [0.15, 0.2) is 5.58 Å². The Morgan fingerprint density at radius 2 is 2.06 bits per heavy atom. The van der Waals surface area contributed by atoms with Crippen LogP contribution >= 0.6 is 0 Å². The predicted octanol–water partition coefficient (Wildman–Crippen LogP) is 2.55. The average Bonchev–Trinajstić information content (AvgIpc) is 2.70. The van der Waals surface area contributed by atoms with E-state index in [1.165, 1.54) is 0 Å². The monoisotopic (exact) mass is 215 g/mol. The van der Waals surface area contributed by atoms with Gasteiger partial charge >= 0.3 is 5.63 Å². The Morgan fingerprint density at radius 3 is 2.88 bits per heavy atom. The molecule has 4 heteroatoms. The van der Waals surface area contributed by atoms with Gasteiger partial charge in [-0.05, 0) is 26.0 Å². The summed E-state index contributed by atoms with van der Waals surface area (Å²) in [5.41, 5.74) is 2.70. The maximum atomic E-state index is 11.4. The van der Waals surface area contributed by atoms with Crippen molar-refractivity contribution in [3.05, 3.63) is 40.1 Å². The van der Waals surface area contributed by atoms with Gasteiger partial charge in [-0.25, -0.2) is 9.78 Å². The van der Waals surface area contributed by atoms with E-state index in [1.54, 1.807) is 13.2 Å². The normalized spacial score (nSPS) is 11.4. The van der Waals surface area contributed by atoms with Crippen LogP contribution in [0.25, 0.3) is 22.1 Å². The SMILES string of the molecule is Cc1nc2cc3ccoc3c(C)c2oc1=O. The summed E-state index contributed by atoms with van der Waals surface area (Å²) >= 11 is 0. The Bertz CT molecular complexity index is 752. The molecular formula is C12H9NO3. The molecule has 0 saturated carbocycles. The Balaban J connectivity index is 2.61. The fraction of sp³-hybridized carbons (Fsp3) is 0.167. The van der Waals surface area contributed by atoms with Crippen molar-refractivity contribution in [2.24, 2.45) is 0 Å². The molecule has 0 aliphatic rings. The number of nitrogens with zero attached hydrogens (tertiary/aromatic N) is 1. The zero-order valence-electron chi connectivity index (χ0n) is 8.90. The van der Waals surface area contributed by atoms with E-state index in [1.807, 2.05) is 19.1 Å². The van der Waals surface area contributed by atoms with Gasteiger partial charge in [-0.15, -0.1) is 0 Å². The maximum absolute atomic E-state index is 11.4. The van der Waals surface area contributed by atoms with Gasteiger partial charge in [-0.3, -0.25) is 0 Å². The second-order valence-corrected chi connectivity index (χ2v) is 3.78. The van der Waals surface area contributed by atoms with Gasteiger partial charge in [0.25, 0.3) is 0 Å². The first-order valence-electron chi connectivity index (χ1n) is 4.95. The van der Waals surface area contributed by atoms with Gasteiger partial charge in [0, 0.05) is 10.9 Å². The Hall–Kier alpha value is -2.10. The van der Waals surface area contributed by atoms with Crippen LogP contribution in [0.5, 0.6) is 0 Å². The highest BCUT2D eigenvalue weighted by molar-refractivity contribution is 5.94. The summed E-state index contributed by atoms with van der Waals surface area (Å²) in [5, 5.41) is 0.964. The lowest BCUT2D eigenvalue weighted by Gasteiger charge is -2.01. The second kappa shape index (κ2) is 2.95. The second-order valence-electron chi connectivity index (χ2n) is 3.78. The molecule has 0 radical (unpaired) electrons. The number of aryl methyl sites for hydroxylation is 2. The Morgan fingerprint density at radius 1 is 1.25 bits per heavy atom. The molecule has 0 spiro atoms. The van der Waals surface area contributed by atoms with E-state index in [4.69, 9.17) is 8.83 Å². The highest BCUT2D eigenvalue weighted by Gasteiger charge is 2.11. The van der Waals surface area contributed by atoms with Crippen LogP contribution < -0.4 is 5.63 Å². The van der Waals surface area contributed by atoms with Crippen LogP contribution in [0, 0.1) is 13.8 Å². The third kappa shape index (κ3) is 1.10. The van der Waals surface area contributed by atoms with Crippen molar-refractivity contribution < 1.29 is 8.83 Å². The van der Waals surface area contributed by atoms with Crippen LogP contribution in [0.2, 0.25) is 0 Å². The smallest absolute Gasteiger partial charge is 0.357 e. The molecule has 0 atom stereocenters. The minimum atomic E-state index is -0.401. The molecule has 0 N–H and O–H groups in total. The van der Waals surface area contributed by atoms with Gasteiger partial charge in [0.05, 0.1) is 6.26 Å². The summed E-state index contributed by atoms with van der Waals surface area (Å²) in [6.45, 7) is 3.49. The molecule has 4 nitrogen and oxygen atoms in total. The van der Waals surface area contributed by atoms with E-state index in [-0.39, 0.29) is 0 Å². The lowest BCUT2D eigenvalue weighted by atomic mass is 10.1. The lowest BCUT2D eigenvalue weighted by Crippen LogP contribution is -2.06. The highest BCUT2D eigenvalue weighted by Crippen LogP contribution is 2.26. The molecule has 0 aliphatic heterocycles. The van der Waals surface area contributed by atoms with Crippen molar-refractivity contribution in [2.75, 3.05) is 0 Å². The van der Waals surface area contributed by atoms with Crippen molar-refractivity contribution in [2.45, 2.75) is 13.8 Å². The van der Waals surface area contributed by atoms with Gasteiger partial charge in [-0.2, -0.15) is 0 Å². The fourth-order valence-electron chi connectivity index (χ4n) is 1.85. The third-order valence-corrected chi connectivity index (χ3v) is 2.68. The van der Waals surface area contributed by atoms with Crippen molar-refractivity contribution in [1.29, 1.82) is 0 Å². The average molecular weight is 215 g/mol. The van der Waals surface area contributed by atoms with Crippen LogP contribution in [0.1, 0.15) is 11.3 Å². The molecule has 0 bridgehead atoms. The number of aromatic nitrogens is 1. The minimum Gasteiger partial charge on any atom is -0.464 e. The van der Waals surface area contributed by atoms with Gasteiger partial charge in [0.1, 0.15) is 16.8 Å². The van der Waals surface area contributed by atoms with E-state index in [0.29, 0.717) is 16.8 Å². The van der Waals surface area contributed by atoms with E-state index in [2.05, 4.69) is 4.98 Å². The van der Waals surface area contributed by atoms with Crippen LogP contribution in [0.15, 0.2) is 32.0 Å². The van der Waals surface area contributed by atoms with Crippen molar-refractivity contribution in [3.8, 4) is 0 Å². The first-order valence-corrected chi connectivity index (χ1v) is 4.95. The van der Waals surface area contributed by atoms with Crippen LogP contribution in [-0.2, 0) is 0 Å². The van der Waals surface area contributed by atoms with Crippen molar-refractivity contribution >= 4 is 22.1 Å². The van der Waals surface area contributed by atoms with E-state index >= 15 is 0 Å². The molecule has 80 valence electrons. The van der Waals surface area contributed by atoms with Crippen LogP contribution in [-0.4, -0.2) is 4.98 Å². The Kier molecular flexibility index (Phi) is 1.68.